The van der Waals surface area contributed by atoms with Gasteiger partial charge in [0.2, 0.25) is 0 Å². The van der Waals surface area contributed by atoms with Crippen LogP contribution < -0.4 is 10.5 Å². The lowest BCUT2D eigenvalue weighted by atomic mass is 10.1. The molecule has 88 valence electrons. The second-order valence-electron chi connectivity index (χ2n) is 4.02. The maximum Gasteiger partial charge on any atom is 0.122 e. The Hall–Kier alpha value is -1.51. The summed E-state index contributed by atoms with van der Waals surface area (Å²) in [6.45, 7) is 4.80. The number of methoxy groups -OCH3 is 1. The van der Waals surface area contributed by atoms with Crippen molar-refractivity contribution >= 4 is 5.84 Å². The van der Waals surface area contributed by atoms with Gasteiger partial charge < -0.3 is 10.5 Å². The second kappa shape index (κ2) is 6.16. The quantitative estimate of drug-likeness (QED) is 0.611. The molecule has 0 aliphatic carbocycles. The first kappa shape index (κ1) is 12.6. The van der Waals surface area contributed by atoms with Crippen LogP contribution in [0.3, 0.4) is 0 Å². The molecule has 0 bridgehead atoms. The number of nitrogens with zero attached hydrogens (tertiary/aromatic N) is 1. The van der Waals surface area contributed by atoms with Gasteiger partial charge in [0.05, 0.1) is 12.9 Å². The number of para-hydroxylation sites is 1. The van der Waals surface area contributed by atoms with E-state index in [1.807, 2.05) is 32.0 Å². The Bertz CT molecular complexity index is 359. The molecule has 0 aromatic heterocycles. The first-order valence-corrected chi connectivity index (χ1v) is 5.57. The average molecular weight is 220 g/mol. The van der Waals surface area contributed by atoms with Gasteiger partial charge in [-0.15, -0.1) is 0 Å². The molecule has 0 aliphatic rings. The van der Waals surface area contributed by atoms with Crippen molar-refractivity contribution in [2.75, 3.05) is 13.7 Å². The highest BCUT2D eigenvalue weighted by molar-refractivity contribution is 5.82. The van der Waals surface area contributed by atoms with Crippen molar-refractivity contribution in [3.05, 3.63) is 29.8 Å². The van der Waals surface area contributed by atoms with Crippen molar-refractivity contribution in [2.45, 2.75) is 20.3 Å². The van der Waals surface area contributed by atoms with Crippen LogP contribution in [-0.2, 0) is 6.42 Å². The highest BCUT2D eigenvalue weighted by atomic mass is 16.5. The predicted octanol–water partition coefficient (Wildman–Crippen LogP) is 2.25. The molecule has 3 heteroatoms. The minimum atomic E-state index is 0.317. The lowest BCUT2D eigenvalue weighted by Gasteiger charge is -2.07. The summed E-state index contributed by atoms with van der Waals surface area (Å²) in [6.07, 6.45) is 0.859. The van der Waals surface area contributed by atoms with Crippen LogP contribution in [0.15, 0.2) is 29.3 Å². The van der Waals surface area contributed by atoms with Gasteiger partial charge in [-0.2, -0.15) is 0 Å². The predicted molar refractivity (Wildman–Crippen MR) is 68.0 cm³/mol. The molecule has 0 heterocycles. The molecular formula is C13H20N2O. The Morgan fingerprint density at radius 2 is 2.06 bits per heavy atom. The third-order valence-corrected chi connectivity index (χ3v) is 2.46. The molecule has 1 aromatic carbocycles. The van der Waals surface area contributed by atoms with Crippen molar-refractivity contribution < 1.29 is 4.74 Å². The maximum atomic E-state index is 5.77. The van der Waals surface area contributed by atoms with Gasteiger partial charge >= 0.3 is 0 Å². The fourth-order valence-corrected chi connectivity index (χ4v) is 1.40. The molecule has 16 heavy (non-hydrogen) atoms. The number of hydrogen-bond donors (Lipinski definition) is 1. The average Bonchev–Trinajstić information content (AvgIpc) is 2.29. The van der Waals surface area contributed by atoms with Crippen LogP contribution in [0.1, 0.15) is 19.4 Å². The third-order valence-electron chi connectivity index (χ3n) is 2.46. The van der Waals surface area contributed by atoms with E-state index in [9.17, 15) is 0 Å². The summed E-state index contributed by atoms with van der Waals surface area (Å²) in [7, 11) is 1.69. The highest BCUT2D eigenvalue weighted by Crippen LogP contribution is 2.17. The highest BCUT2D eigenvalue weighted by Gasteiger charge is 2.01. The second-order valence-corrected chi connectivity index (χ2v) is 4.02. The van der Waals surface area contributed by atoms with Crippen LogP contribution in [0.4, 0.5) is 0 Å². The molecule has 0 aliphatic heterocycles. The van der Waals surface area contributed by atoms with Crippen LogP contribution in [0, 0.1) is 5.92 Å². The number of hydrogen-bond acceptors (Lipinski definition) is 2. The Morgan fingerprint density at radius 3 is 2.69 bits per heavy atom. The SMILES string of the molecule is COc1ccccc1CCN=C(N)C(C)C. The molecule has 0 spiro atoms. The van der Waals surface area contributed by atoms with Gasteiger partial charge in [-0.3, -0.25) is 4.99 Å². The van der Waals surface area contributed by atoms with E-state index >= 15 is 0 Å². The van der Waals surface area contributed by atoms with Gasteiger partial charge in [0.1, 0.15) is 5.75 Å². The standard InChI is InChI=1S/C13H20N2O/c1-10(2)13(14)15-9-8-11-6-4-5-7-12(11)16-3/h4-7,10H,8-9H2,1-3H3,(H2,14,15). The van der Waals surface area contributed by atoms with E-state index in [1.54, 1.807) is 7.11 Å². The van der Waals surface area contributed by atoms with Crippen molar-refractivity contribution in [2.24, 2.45) is 16.6 Å². The van der Waals surface area contributed by atoms with E-state index in [0.29, 0.717) is 12.5 Å². The molecular weight excluding hydrogens is 200 g/mol. The van der Waals surface area contributed by atoms with Crippen LogP contribution in [-0.4, -0.2) is 19.5 Å². The van der Waals surface area contributed by atoms with Crippen molar-refractivity contribution in [3.63, 3.8) is 0 Å². The monoisotopic (exact) mass is 220 g/mol. The number of aliphatic imine (C=N–C) groups is 1. The summed E-state index contributed by atoms with van der Waals surface area (Å²) in [6, 6.07) is 7.99. The van der Waals surface area contributed by atoms with Crippen LogP contribution in [0.5, 0.6) is 5.75 Å². The summed E-state index contributed by atoms with van der Waals surface area (Å²) in [5.41, 5.74) is 6.94. The summed E-state index contributed by atoms with van der Waals surface area (Å²) < 4.78 is 5.27. The summed E-state index contributed by atoms with van der Waals surface area (Å²) >= 11 is 0. The molecule has 3 nitrogen and oxygen atoms in total. The minimum Gasteiger partial charge on any atom is -0.496 e. The molecule has 0 amide bonds. The molecule has 0 radical (unpaired) electrons. The Morgan fingerprint density at radius 1 is 1.38 bits per heavy atom. The smallest absolute Gasteiger partial charge is 0.122 e. The van der Waals surface area contributed by atoms with E-state index in [0.717, 1.165) is 18.0 Å². The van der Waals surface area contributed by atoms with Gasteiger partial charge in [0, 0.05) is 12.5 Å². The fraction of sp³-hybridized carbons (Fsp3) is 0.462. The van der Waals surface area contributed by atoms with Gasteiger partial charge in [0.25, 0.3) is 0 Å². The van der Waals surface area contributed by atoms with Crippen LogP contribution in [0.2, 0.25) is 0 Å². The molecule has 1 rings (SSSR count). The Balaban J connectivity index is 2.58. The zero-order valence-electron chi connectivity index (χ0n) is 10.2. The number of nitrogens with two attached hydrogens (primary N) is 1. The molecule has 0 saturated carbocycles. The maximum absolute atomic E-state index is 5.77. The Labute approximate surface area is 97.3 Å². The number of amidine groups is 1. The van der Waals surface area contributed by atoms with Gasteiger partial charge in [-0.05, 0) is 18.1 Å². The number of rotatable bonds is 5. The molecule has 0 saturated heterocycles. The van der Waals surface area contributed by atoms with Gasteiger partial charge in [-0.25, -0.2) is 0 Å². The summed E-state index contributed by atoms with van der Waals surface area (Å²) in [5, 5.41) is 0. The van der Waals surface area contributed by atoms with Crippen LogP contribution >= 0.6 is 0 Å². The largest absolute Gasteiger partial charge is 0.496 e. The molecule has 2 N–H and O–H groups in total. The zero-order chi connectivity index (χ0) is 12.0. The van der Waals surface area contributed by atoms with E-state index in [-0.39, 0.29) is 0 Å². The molecule has 0 fully saturated rings. The first-order valence-electron chi connectivity index (χ1n) is 5.57. The van der Waals surface area contributed by atoms with E-state index in [1.165, 1.54) is 5.56 Å². The Kier molecular flexibility index (Phi) is 4.83. The molecule has 0 unspecified atom stereocenters. The normalized spacial score (nSPS) is 11.9. The first-order chi connectivity index (χ1) is 7.65. The summed E-state index contributed by atoms with van der Waals surface area (Å²) in [4.78, 5) is 4.33. The van der Waals surface area contributed by atoms with Crippen molar-refractivity contribution in [1.29, 1.82) is 0 Å². The van der Waals surface area contributed by atoms with E-state index in [4.69, 9.17) is 10.5 Å². The third kappa shape index (κ3) is 3.57. The topological polar surface area (TPSA) is 47.6 Å². The molecule has 1 aromatic rings. The number of benzene rings is 1. The number of ether oxygens (including phenoxy) is 1. The van der Waals surface area contributed by atoms with Crippen molar-refractivity contribution in [1.82, 2.24) is 0 Å². The van der Waals surface area contributed by atoms with E-state index < -0.39 is 0 Å². The lowest BCUT2D eigenvalue weighted by molar-refractivity contribution is 0.410. The lowest BCUT2D eigenvalue weighted by Crippen LogP contribution is -2.19. The fourth-order valence-electron chi connectivity index (χ4n) is 1.40. The summed E-state index contributed by atoms with van der Waals surface area (Å²) in [5.74, 6) is 1.95. The van der Waals surface area contributed by atoms with Crippen molar-refractivity contribution in [3.8, 4) is 5.75 Å². The van der Waals surface area contributed by atoms with Crippen LogP contribution in [0.25, 0.3) is 0 Å². The van der Waals surface area contributed by atoms with Gasteiger partial charge in [0.15, 0.2) is 0 Å². The van der Waals surface area contributed by atoms with Gasteiger partial charge in [-0.1, -0.05) is 32.0 Å². The minimum absolute atomic E-state index is 0.317. The van der Waals surface area contributed by atoms with E-state index in [2.05, 4.69) is 11.1 Å². The zero-order valence-corrected chi connectivity index (χ0v) is 10.2. The molecule has 0 atom stereocenters.